The third kappa shape index (κ3) is 3.69. The maximum atomic E-state index is 12.2. The molecule has 1 aromatic heterocycles. The fourth-order valence-corrected chi connectivity index (χ4v) is 1.36. The summed E-state index contributed by atoms with van der Waals surface area (Å²) in [5.74, 6) is -0.569. The van der Waals surface area contributed by atoms with Gasteiger partial charge in [0.1, 0.15) is 18.6 Å². The number of hydrogen-bond donors (Lipinski definition) is 1. The summed E-state index contributed by atoms with van der Waals surface area (Å²) in [6, 6.07) is 5.90. The molecule has 7 nitrogen and oxygen atoms in total. The summed E-state index contributed by atoms with van der Waals surface area (Å²) >= 11 is 0. The minimum absolute atomic E-state index is 0.109. The van der Waals surface area contributed by atoms with Crippen LogP contribution in [-0.4, -0.2) is 32.7 Å². The standard InChI is InChI=1S/C10H9F2N5O2/c11-10(12)19-8-4-2-1-3-7(8)14-9(18)5-17-6-13-15-16-17/h1-4,6,10H,5H2,(H,14,18). The molecule has 1 heterocycles. The van der Waals surface area contributed by atoms with Crippen molar-refractivity contribution in [1.82, 2.24) is 20.2 Å². The number of ether oxygens (including phenoxy) is 1. The van der Waals surface area contributed by atoms with Crippen molar-refractivity contribution < 1.29 is 18.3 Å². The third-order valence-corrected chi connectivity index (χ3v) is 2.07. The molecule has 0 unspecified atom stereocenters. The van der Waals surface area contributed by atoms with Gasteiger partial charge in [0, 0.05) is 0 Å². The van der Waals surface area contributed by atoms with E-state index >= 15 is 0 Å². The Morgan fingerprint density at radius 2 is 2.21 bits per heavy atom. The summed E-state index contributed by atoms with van der Waals surface area (Å²) in [7, 11) is 0. The van der Waals surface area contributed by atoms with Gasteiger partial charge in [-0.25, -0.2) is 4.68 Å². The van der Waals surface area contributed by atoms with E-state index in [1.165, 1.54) is 29.2 Å². The summed E-state index contributed by atoms with van der Waals surface area (Å²) in [5.41, 5.74) is 0.154. The van der Waals surface area contributed by atoms with E-state index in [1.54, 1.807) is 6.07 Å². The number of aromatic nitrogens is 4. The lowest BCUT2D eigenvalue weighted by Gasteiger charge is -2.11. The fourth-order valence-electron chi connectivity index (χ4n) is 1.36. The van der Waals surface area contributed by atoms with Crippen molar-refractivity contribution in [1.29, 1.82) is 0 Å². The normalized spacial score (nSPS) is 10.5. The van der Waals surface area contributed by atoms with E-state index in [-0.39, 0.29) is 18.0 Å². The Hall–Kier alpha value is -2.58. The number of anilines is 1. The van der Waals surface area contributed by atoms with E-state index in [2.05, 4.69) is 25.6 Å². The van der Waals surface area contributed by atoms with Gasteiger partial charge in [-0.2, -0.15) is 8.78 Å². The van der Waals surface area contributed by atoms with Crippen LogP contribution in [0.2, 0.25) is 0 Å². The van der Waals surface area contributed by atoms with Crippen molar-refractivity contribution >= 4 is 11.6 Å². The topological polar surface area (TPSA) is 81.9 Å². The van der Waals surface area contributed by atoms with Gasteiger partial charge in [0.15, 0.2) is 0 Å². The quantitative estimate of drug-likeness (QED) is 0.872. The molecule has 0 radical (unpaired) electrons. The van der Waals surface area contributed by atoms with E-state index in [0.29, 0.717) is 0 Å². The van der Waals surface area contributed by atoms with Crippen LogP contribution in [-0.2, 0) is 11.3 Å². The number of carbonyl (C=O) groups excluding carboxylic acids is 1. The van der Waals surface area contributed by atoms with Crippen LogP contribution in [0.3, 0.4) is 0 Å². The molecule has 100 valence electrons. The van der Waals surface area contributed by atoms with Crippen LogP contribution < -0.4 is 10.1 Å². The summed E-state index contributed by atoms with van der Waals surface area (Å²) in [6.45, 7) is -3.09. The fraction of sp³-hybridized carbons (Fsp3) is 0.200. The highest BCUT2D eigenvalue weighted by atomic mass is 19.3. The van der Waals surface area contributed by atoms with Gasteiger partial charge in [-0.3, -0.25) is 4.79 Å². The Bertz CT molecular complexity index is 547. The number of para-hydroxylation sites is 2. The molecule has 0 bridgehead atoms. The Kier molecular flexibility index (Phi) is 3.96. The number of amides is 1. The summed E-state index contributed by atoms with van der Waals surface area (Å²) in [6.07, 6.45) is 1.27. The minimum Gasteiger partial charge on any atom is -0.433 e. The van der Waals surface area contributed by atoms with Gasteiger partial charge in [0.2, 0.25) is 5.91 Å². The van der Waals surface area contributed by atoms with Crippen LogP contribution in [0.1, 0.15) is 0 Å². The van der Waals surface area contributed by atoms with Gasteiger partial charge in [-0.1, -0.05) is 12.1 Å². The molecule has 0 fully saturated rings. The molecule has 0 saturated heterocycles. The largest absolute Gasteiger partial charge is 0.433 e. The molecule has 1 aromatic carbocycles. The molecule has 0 aliphatic heterocycles. The van der Waals surface area contributed by atoms with Crippen LogP contribution in [0.5, 0.6) is 5.75 Å². The number of carbonyl (C=O) groups is 1. The Morgan fingerprint density at radius 3 is 2.89 bits per heavy atom. The minimum atomic E-state index is -2.96. The van der Waals surface area contributed by atoms with Crippen molar-refractivity contribution in [3.8, 4) is 5.75 Å². The number of alkyl halides is 2. The molecule has 0 saturated carbocycles. The predicted molar refractivity (Wildman–Crippen MR) is 59.5 cm³/mol. The monoisotopic (exact) mass is 269 g/mol. The molecule has 1 amide bonds. The van der Waals surface area contributed by atoms with Gasteiger partial charge in [0.25, 0.3) is 0 Å². The van der Waals surface area contributed by atoms with Crippen molar-refractivity contribution in [3.63, 3.8) is 0 Å². The molecule has 2 rings (SSSR count). The average molecular weight is 269 g/mol. The number of nitrogens with zero attached hydrogens (tertiary/aromatic N) is 4. The molecule has 0 aliphatic rings. The molecular weight excluding hydrogens is 260 g/mol. The van der Waals surface area contributed by atoms with Crippen LogP contribution in [0.15, 0.2) is 30.6 Å². The van der Waals surface area contributed by atoms with Gasteiger partial charge in [-0.05, 0) is 22.6 Å². The Morgan fingerprint density at radius 1 is 1.42 bits per heavy atom. The van der Waals surface area contributed by atoms with Crippen molar-refractivity contribution in [2.75, 3.05) is 5.32 Å². The lowest BCUT2D eigenvalue weighted by atomic mass is 10.3. The number of nitrogens with one attached hydrogen (secondary N) is 1. The third-order valence-electron chi connectivity index (χ3n) is 2.07. The van der Waals surface area contributed by atoms with Crippen LogP contribution in [0.25, 0.3) is 0 Å². The summed E-state index contributed by atoms with van der Waals surface area (Å²) in [4.78, 5) is 11.6. The second-order valence-corrected chi connectivity index (χ2v) is 3.43. The number of hydrogen-bond acceptors (Lipinski definition) is 5. The van der Waals surface area contributed by atoms with E-state index in [9.17, 15) is 13.6 Å². The summed E-state index contributed by atoms with van der Waals surface area (Å²) in [5, 5.41) is 12.7. The lowest BCUT2D eigenvalue weighted by molar-refractivity contribution is -0.117. The van der Waals surface area contributed by atoms with Crippen LogP contribution in [0.4, 0.5) is 14.5 Å². The van der Waals surface area contributed by atoms with Gasteiger partial charge < -0.3 is 10.1 Å². The summed E-state index contributed by atoms with van der Waals surface area (Å²) < 4.78 is 29.8. The van der Waals surface area contributed by atoms with Crippen molar-refractivity contribution in [2.24, 2.45) is 0 Å². The molecule has 1 N–H and O–H groups in total. The highest BCUT2D eigenvalue weighted by molar-refractivity contribution is 5.92. The molecule has 2 aromatic rings. The number of rotatable bonds is 5. The number of benzene rings is 1. The molecule has 9 heteroatoms. The second-order valence-electron chi connectivity index (χ2n) is 3.43. The molecule has 0 aliphatic carbocycles. The zero-order valence-corrected chi connectivity index (χ0v) is 9.53. The van der Waals surface area contributed by atoms with E-state index < -0.39 is 12.5 Å². The Balaban J connectivity index is 2.04. The van der Waals surface area contributed by atoms with Gasteiger partial charge in [0.05, 0.1) is 5.69 Å². The second kappa shape index (κ2) is 5.85. The first-order valence-corrected chi connectivity index (χ1v) is 5.19. The zero-order valence-electron chi connectivity index (χ0n) is 9.53. The molecule has 19 heavy (non-hydrogen) atoms. The number of halogens is 2. The van der Waals surface area contributed by atoms with Crippen molar-refractivity contribution in [3.05, 3.63) is 30.6 Å². The molecular formula is C10H9F2N5O2. The van der Waals surface area contributed by atoms with Crippen molar-refractivity contribution in [2.45, 2.75) is 13.2 Å². The Labute approximate surface area is 106 Å². The molecule has 0 atom stereocenters. The highest BCUT2D eigenvalue weighted by Gasteiger charge is 2.11. The predicted octanol–water partition coefficient (Wildman–Crippen LogP) is 0.913. The maximum Gasteiger partial charge on any atom is 0.387 e. The van der Waals surface area contributed by atoms with Gasteiger partial charge >= 0.3 is 6.61 Å². The van der Waals surface area contributed by atoms with E-state index in [4.69, 9.17) is 0 Å². The maximum absolute atomic E-state index is 12.2. The first-order chi connectivity index (χ1) is 9.15. The van der Waals surface area contributed by atoms with E-state index in [0.717, 1.165) is 0 Å². The van der Waals surface area contributed by atoms with Gasteiger partial charge in [-0.15, -0.1) is 5.10 Å². The van der Waals surface area contributed by atoms with Crippen LogP contribution >= 0.6 is 0 Å². The number of tetrazole rings is 1. The molecule has 0 spiro atoms. The average Bonchev–Trinajstić information content (AvgIpc) is 2.83. The first-order valence-electron chi connectivity index (χ1n) is 5.19. The smallest absolute Gasteiger partial charge is 0.387 e. The van der Waals surface area contributed by atoms with Crippen LogP contribution in [0, 0.1) is 0 Å². The zero-order chi connectivity index (χ0) is 13.7. The van der Waals surface area contributed by atoms with E-state index in [1.807, 2.05) is 0 Å². The lowest BCUT2D eigenvalue weighted by Crippen LogP contribution is -2.20. The first kappa shape index (κ1) is 12.9. The SMILES string of the molecule is O=C(Cn1cnnn1)Nc1ccccc1OC(F)F. The highest BCUT2D eigenvalue weighted by Crippen LogP contribution is 2.25.